The Morgan fingerprint density at radius 1 is 1.55 bits per heavy atom. The van der Waals surface area contributed by atoms with Crippen molar-refractivity contribution in [1.29, 1.82) is 0 Å². The van der Waals surface area contributed by atoms with E-state index in [0.717, 1.165) is 30.9 Å². The van der Waals surface area contributed by atoms with E-state index in [0.29, 0.717) is 18.6 Å². The number of rotatable bonds is 5. The predicted octanol–water partition coefficient (Wildman–Crippen LogP) is 1.35. The van der Waals surface area contributed by atoms with E-state index in [2.05, 4.69) is 22.1 Å². The topological polar surface area (TPSA) is 48.5 Å². The van der Waals surface area contributed by atoms with Gasteiger partial charge in [0.05, 0.1) is 12.6 Å². The molecule has 0 aromatic carbocycles. The number of nitrogens with one attached hydrogen (secondary N) is 1. The van der Waals surface area contributed by atoms with Crippen LogP contribution in [0, 0.1) is 0 Å². The van der Waals surface area contributed by atoms with Crippen LogP contribution < -0.4 is 5.32 Å². The first-order chi connectivity index (χ1) is 9.56. The average molecular weight is 296 g/mol. The Morgan fingerprint density at radius 3 is 2.80 bits per heavy atom. The summed E-state index contributed by atoms with van der Waals surface area (Å²) in [7, 11) is 3.62. The van der Waals surface area contributed by atoms with Gasteiger partial charge in [-0.25, -0.2) is 4.98 Å². The molecular weight excluding hydrogens is 272 g/mol. The van der Waals surface area contributed by atoms with Crippen LogP contribution in [-0.2, 0) is 4.79 Å². The Bertz CT molecular complexity index is 413. The molecule has 1 atom stereocenters. The number of likely N-dealkylation sites (N-methyl/N-ethyl adjacent to an activating group) is 1. The number of aromatic nitrogens is 1. The van der Waals surface area contributed by atoms with E-state index in [1.165, 1.54) is 0 Å². The fraction of sp³-hybridized carbons (Fsp3) is 0.714. The lowest BCUT2D eigenvalue weighted by molar-refractivity contribution is -0.130. The average Bonchev–Trinajstić information content (AvgIpc) is 2.95. The van der Waals surface area contributed by atoms with E-state index in [1.807, 2.05) is 25.7 Å². The summed E-state index contributed by atoms with van der Waals surface area (Å²) < 4.78 is 0. The largest absolute Gasteiger partial charge is 0.348 e. The number of thiazole rings is 1. The quantitative estimate of drug-likeness (QED) is 0.891. The van der Waals surface area contributed by atoms with Crippen molar-refractivity contribution in [3.8, 4) is 0 Å². The molecule has 0 saturated carbocycles. The van der Waals surface area contributed by atoms with Gasteiger partial charge < -0.3 is 10.2 Å². The number of nitrogens with zero attached hydrogens (tertiary/aromatic N) is 3. The molecule has 0 bridgehead atoms. The first kappa shape index (κ1) is 15.4. The number of likely N-dealkylation sites (tertiary alicyclic amines) is 1. The lowest BCUT2D eigenvalue weighted by atomic mass is 10.0. The smallest absolute Gasteiger partial charge is 0.236 e. The number of carbonyl (C=O) groups is 1. The second-order valence-electron chi connectivity index (χ2n) is 5.60. The minimum atomic E-state index is 0.188. The van der Waals surface area contributed by atoms with Gasteiger partial charge in [-0.1, -0.05) is 0 Å². The second kappa shape index (κ2) is 7.15. The van der Waals surface area contributed by atoms with Gasteiger partial charge in [-0.3, -0.25) is 9.69 Å². The Hall–Kier alpha value is -0.980. The molecule has 1 fully saturated rings. The third-order valence-corrected chi connectivity index (χ3v) is 4.71. The van der Waals surface area contributed by atoms with Gasteiger partial charge in [0.1, 0.15) is 5.01 Å². The molecule has 1 aromatic rings. The maximum atomic E-state index is 11.7. The van der Waals surface area contributed by atoms with Crippen LogP contribution in [0.5, 0.6) is 0 Å². The van der Waals surface area contributed by atoms with Crippen molar-refractivity contribution in [2.75, 3.05) is 33.7 Å². The molecule has 5 nitrogen and oxygen atoms in total. The third kappa shape index (κ3) is 4.26. The molecule has 1 unspecified atom stereocenters. The Labute approximate surface area is 125 Å². The number of amides is 1. The van der Waals surface area contributed by atoms with Gasteiger partial charge >= 0.3 is 0 Å². The minimum absolute atomic E-state index is 0.188. The molecule has 1 N–H and O–H groups in total. The van der Waals surface area contributed by atoms with Gasteiger partial charge in [0.25, 0.3) is 0 Å². The second-order valence-corrected chi connectivity index (χ2v) is 6.52. The van der Waals surface area contributed by atoms with Gasteiger partial charge in [0.15, 0.2) is 0 Å². The van der Waals surface area contributed by atoms with E-state index in [4.69, 9.17) is 0 Å². The number of hydrogen-bond acceptors (Lipinski definition) is 5. The summed E-state index contributed by atoms with van der Waals surface area (Å²) in [5.74, 6) is 0.188. The fourth-order valence-corrected chi connectivity index (χ4v) is 3.12. The van der Waals surface area contributed by atoms with Crippen molar-refractivity contribution in [2.24, 2.45) is 0 Å². The monoisotopic (exact) mass is 296 g/mol. The summed E-state index contributed by atoms with van der Waals surface area (Å²) >= 11 is 1.70. The molecule has 2 heterocycles. The van der Waals surface area contributed by atoms with Crippen LogP contribution in [0.2, 0.25) is 0 Å². The standard InChI is InChI=1S/C14H24N4OS/c1-11(14-15-6-9-20-14)16-12-4-7-18(8-5-12)10-13(19)17(2)3/h6,9,11-12,16H,4-5,7-8,10H2,1-3H3. The number of carbonyl (C=O) groups excluding carboxylic acids is 1. The van der Waals surface area contributed by atoms with Gasteiger partial charge in [0.2, 0.25) is 5.91 Å². The lowest BCUT2D eigenvalue weighted by Gasteiger charge is -2.33. The van der Waals surface area contributed by atoms with Crippen molar-refractivity contribution in [3.05, 3.63) is 16.6 Å². The highest BCUT2D eigenvalue weighted by Gasteiger charge is 2.23. The Balaban J connectivity index is 1.73. The number of piperidine rings is 1. The van der Waals surface area contributed by atoms with E-state index in [-0.39, 0.29) is 5.91 Å². The van der Waals surface area contributed by atoms with Crippen LogP contribution in [0.15, 0.2) is 11.6 Å². The molecule has 1 saturated heterocycles. The van der Waals surface area contributed by atoms with Crippen LogP contribution in [0.4, 0.5) is 0 Å². The molecule has 1 aliphatic rings. The zero-order valence-corrected chi connectivity index (χ0v) is 13.3. The highest BCUT2D eigenvalue weighted by molar-refractivity contribution is 7.09. The van der Waals surface area contributed by atoms with Gasteiger partial charge in [-0.05, 0) is 19.8 Å². The first-order valence-corrected chi connectivity index (χ1v) is 8.02. The van der Waals surface area contributed by atoms with Gasteiger partial charge in [0, 0.05) is 44.8 Å². The molecule has 0 radical (unpaired) electrons. The van der Waals surface area contributed by atoms with Crippen molar-refractivity contribution in [2.45, 2.75) is 31.8 Å². The number of hydrogen-bond donors (Lipinski definition) is 1. The maximum Gasteiger partial charge on any atom is 0.236 e. The fourth-order valence-electron chi connectivity index (χ4n) is 2.46. The molecule has 2 rings (SSSR count). The molecule has 1 aromatic heterocycles. The predicted molar refractivity (Wildman–Crippen MR) is 81.8 cm³/mol. The Morgan fingerprint density at radius 2 is 2.25 bits per heavy atom. The van der Waals surface area contributed by atoms with E-state index < -0.39 is 0 Å². The summed E-state index contributed by atoms with van der Waals surface area (Å²) in [6.07, 6.45) is 4.04. The summed E-state index contributed by atoms with van der Waals surface area (Å²) in [5, 5.41) is 6.81. The summed E-state index contributed by atoms with van der Waals surface area (Å²) in [5.41, 5.74) is 0. The summed E-state index contributed by atoms with van der Waals surface area (Å²) in [6, 6.07) is 0.842. The van der Waals surface area contributed by atoms with Gasteiger partial charge in [-0.2, -0.15) is 0 Å². The van der Waals surface area contributed by atoms with Crippen LogP contribution in [0.3, 0.4) is 0 Å². The molecule has 1 amide bonds. The normalized spacial score (nSPS) is 18.9. The Kier molecular flexibility index (Phi) is 5.51. The van der Waals surface area contributed by atoms with Gasteiger partial charge in [-0.15, -0.1) is 11.3 Å². The van der Waals surface area contributed by atoms with Crippen molar-refractivity contribution in [3.63, 3.8) is 0 Å². The first-order valence-electron chi connectivity index (χ1n) is 7.14. The van der Waals surface area contributed by atoms with Crippen LogP contribution in [0.1, 0.15) is 30.8 Å². The van der Waals surface area contributed by atoms with Crippen molar-refractivity contribution >= 4 is 17.2 Å². The summed E-state index contributed by atoms with van der Waals surface area (Å²) in [6.45, 7) is 4.69. The molecule has 1 aliphatic heterocycles. The highest BCUT2D eigenvalue weighted by Crippen LogP contribution is 2.18. The zero-order chi connectivity index (χ0) is 14.5. The molecule has 0 aliphatic carbocycles. The van der Waals surface area contributed by atoms with E-state index >= 15 is 0 Å². The van der Waals surface area contributed by atoms with Crippen molar-refractivity contribution in [1.82, 2.24) is 20.1 Å². The zero-order valence-electron chi connectivity index (χ0n) is 12.5. The molecule has 0 spiro atoms. The van der Waals surface area contributed by atoms with Crippen LogP contribution >= 0.6 is 11.3 Å². The lowest BCUT2D eigenvalue weighted by Crippen LogP contribution is -2.46. The summed E-state index contributed by atoms with van der Waals surface area (Å²) in [4.78, 5) is 19.9. The van der Waals surface area contributed by atoms with Crippen LogP contribution in [0.25, 0.3) is 0 Å². The molecule has 112 valence electrons. The van der Waals surface area contributed by atoms with Crippen LogP contribution in [-0.4, -0.2) is 60.5 Å². The third-order valence-electron chi connectivity index (χ3n) is 3.75. The van der Waals surface area contributed by atoms with E-state index in [1.54, 1.807) is 16.2 Å². The van der Waals surface area contributed by atoms with E-state index in [9.17, 15) is 4.79 Å². The molecule has 20 heavy (non-hydrogen) atoms. The SMILES string of the molecule is CC(NC1CCN(CC(=O)N(C)C)CC1)c1nccs1. The maximum absolute atomic E-state index is 11.7. The highest BCUT2D eigenvalue weighted by atomic mass is 32.1. The van der Waals surface area contributed by atoms with Crippen molar-refractivity contribution < 1.29 is 4.79 Å². The molecule has 6 heteroatoms. The molecular formula is C14H24N4OS. The minimum Gasteiger partial charge on any atom is -0.348 e.